The van der Waals surface area contributed by atoms with E-state index < -0.39 is 0 Å². The summed E-state index contributed by atoms with van der Waals surface area (Å²) in [5, 5.41) is 0. The van der Waals surface area contributed by atoms with Crippen molar-refractivity contribution in [1.82, 2.24) is 9.88 Å². The lowest BCUT2D eigenvalue weighted by molar-refractivity contribution is -0.132. The molecule has 1 amide bonds. The minimum Gasteiger partial charge on any atom is -0.496 e. The molecule has 0 spiro atoms. The Labute approximate surface area is 152 Å². The number of carbonyl (C=O) groups is 2. The number of hydrogen-bond acceptors (Lipinski definition) is 5. The minimum atomic E-state index is -0.384. The molecule has 1 aliphatic heterocycles. The number of methoxy groups -OCH3 is 2. The average Bonchev–Trinajstić information content (AvgIpc) is 2.70. The van der Waals surface area contributed by atoms with E-state index in [9.17, 15) is 9.59 Å². The van der Waals surface area contributed by atoms with Crippen molar-refractivity contribution in [2.45, 2.75) is 25.8 Å². The summed E-state index contributed by atoms with van der Waals surface area (Å²) in [6.07, 6.45) is 4.93. The van der Waals surface area contributed by atoms with Crippen molar-refractivity contribution in [2.75, 3.05) is 20.8 Å². The standard InChI is InChI=1S/C20H22N2O4/c1-25-18-6-4-3-5-14(18)7-8-19(23)22-10-9-16-15(13-22)11-21-12-17(16)20(24)26-2/h3-6,11-12H,7-10,13H2,1-2H3. The minimum absolute atomic E-state index is 0.0880. The van der Waals surface area contributed by atoms with Crippen LogP contribution < -0.4 is 4.74 Å². The van der Waals surface area contributed by atoms with Gasteiger partial charge in [-0.15, -0.1) is 0 Å². The number of aryl methyl sites for hydroxylation is 1. The molecule has 0 saturated heterocycles. The Morgan fingerprint density at radius 1 is 1.19 bits per heavy atom. The van der Waals surface area contributed by atoms with E-state index in [0.29, 0.717) is 37.9 Å². The van der Waals surface area contributed by atoms with Crippen molar-refractivity contribution >= 4 is 11.9 Å². The van der Waals surface area contributed by atoms with E-state index in [2.05, 4.69) is 4.98 Å². The number of esters is 1. The maximum absolute atomic E-state index is 12.6. The predicted molar refractivity (Wildman–Crippen MR) is 96.0 cm³/mol. The van der Waals surface area contributed by atoms with Crippen LogP contribution in [0.15, 0.2) is 36.7 Å². The fourth-order valence-corrected chi connectivity index (χ4v) is 3.30. The first kappa shape index (κ1) is 17.9. The SMILES string of the molecule is COC(=O)c1cncc2c1CCN(C(=O)CCc1ccccc1OC)C2. The van der Waals surface area contributed by atoms with Crippen LogP contribution in [-0.2, 0) is 28.9 Å². The van der Waals surface area contributed by atoms with Gasteiger partial charge in [0.05, 0.1) is 19.8 Å². The molecule has 2 heterocycles. The zero-order chi connectivity index (χ0) is 18.5. The first-order valence-electron chi connectivity index (χ1n) is 8.57. The second-order valence-electron chi connectivity index (χ2n) is 6.19. The van der Waals surface area contributed by atoms with Crippen LogP contribution in [0.5, 0.6) is 5.75 Å². The highest BCUT2D eigenvalue weighted by Gasteiger charge is 2.25. The van der Waals surface area contributed by atoms with Gasteiger partial charge < -0.3 is 14.4 Å². The molecule has 1 aromatic heterocycles. The van der Waals surface area contributed by atoms with E-state index in [4.69, 9.17) is 9.47 Å². The van der Waals surface area contributed by atoms with E-state index in [1.165, 1.54) is 13.3 Å². The lowest BCUT2D eigenvalue weighted by Gasteiger charge is -2.29. The summed E-state index contributed by atoms with van der Waals surface area (Å²) in [5.74, 6) is 0.506. The fourth-order valence-electron chi connectivity index (χ4n) is 3.30. The highest BCUT2D eigenvalue weighted by atomic mass is 16.5. The van der Waals surface area contributed by atoms with E-state index in [0.717, 1.165) is 22.4 Å². The van der Waals surface area contributed by atoms with Crippen LogP contribution in [0.1, 0.15) is 33.5 Å². The molecule has 0 bridgehead atoms. The van der Waals surface area contributed by atoms with Crippen LogP contribution in [-0.4, -0.2) is 42.5 Å². The highest BCUT2D eigenvalue weighted by Crippen LogP contribution is 2.24. The smallest absolute Gasteiger partial charge is 0.339 e. The summed E-state index contributed by atoms with van der Waals surface area (Å²) in [4.78, 5) is 30.4. The molecule has 1 aromatic carbocycles. The third kappa shape index (κ3) is 3.69. The lowest BCUT2D eigenvalue weighted by atomic mass is 9.96. The number of fused-ring (bicyclic) bond motifs is 1. The maximum Gasteiger partial charge on any atom is 0.339 e. The third-order valence-electron chi connectivity index (χ3n) is 4.70. The first-order valence-corrected chi connectivity index (χ1v) is 8.57. The van der Waals surface area contributed by atoms with Crippen molar-refractivity contribution in [3.8, 4) is 5.75 Å². The second kappa shape index (κ2) is 7.99. The number of carbonyl (C=O) groups excluding carboxylic acids is 2. The number of benzene rings is 1. The average molecular weight is 354 g/mol. The molecule has 0 saturated carbocycles. The Hall–Kier alpha value is -2.89. The number of hydrogen-bond donors (Lipinski definition) is 0. The Morgan fingerprint density at radius 2 is 2.00 bits per heavy atom. The summed E-state index contributed by atoms with van der Waals surface area (Å²) >= 11 is 0. The largest absolute Gasteiger partial charge is 0.496 e. The number of para-hydroxylation sites is 1. The van der Waals surface area contributed by atoms with Crippen LogP contribution in [0.4, 0.5) is 0 Å². The molecule has 26 heavy (non-hydrogen) atoms. The highest BCUT2D eigenvalue weighted by molar-refractivity contribution is 5.91. The van der Waals surface area contributed by atoms with Crippen molar-refractivity contribution in [1.29, 1.82) is 0 Å². The summed E-state index contributed by atoms with van der Waals surface area (Å²) in [5.41, 5.74) is 3.35. The van der Waals surface area contributed by atoms with Gasteiger partial charge in [-0.3, -0.25) is 9.78 Å². The zero-order valence-corrected chi connectivity index (χ0v) is 15.0. The molecule has 6 heteroatoms. The lowest BCUT2D eigenvalue weighted by Crippen LogP contribution is -2.36. The van der Waals surface area contributed by atoms with Gasteiger partial charge in [0.25, 0.3) is 0 Å². The molecule has 0 unspecified atom stereocenters. The van der Waals surface area contributed by atoms with E-state index in [1.54, 1.807) is 13.3 Å². The van der Waals surface area contributed by atoms with Crippen LogP contribution in [0.3, 0.4) is 0 Å². The van der Waals surface area contributed by atoms with E-state index in [1.807, 2.05) is 29.2 Å². The molecule has 0 fully saturated rings. The molecule has 0 N–H and O–H groups in total. The van der Waals surface area contributed by atoms with E-state index in [-0.39, 0.29) is 11.9 Å². The Kier molecular flexibility index (Phi) is 5.51. The van der Waals surface area contributed by atoms with Gasteiger partial charge in [0.15, 0.2) is 0 Å². The number of aromatic nitrogens is 1. The van der Waals surface area contributed by atoms with Crippen molar-refractivity contribution in [3.05, 3.63) is 58.9 Å². The van der Waals surface area contributed by atoms with Gasteiger partial charge in [0.2, 0.25) is 5.91 Å². The number of amides is 1. The molecule has 1 aliphatic rings. The van der Waals surface area contributed by atoms with Crippen LogP contribution >= 0.6 is 0 Å². The van der Waals surface area contributed by atoms with Crippen LogP contribution in [0, 0.1) is 0 Å². The van der Waals surface area contributed by atoms with Crippen molar-refractivity contribution in [3.63, 3.8) is 0 Å². The fraction of sp³-hybridized carbons (Fsp3) is 0.350. The molecular formula is C20H22N2O4. The molecule has 3 rings (SSSR count). The summed E-state index contributed by atoms with van der Waals surface area (Å²) in [7, 11) is 2.99. The zero-order valence-electron chi connectivity index (χ0n) is 15.0. The van der Waals surface area contributed by atoms with Gasteiger partial charge in [-0.25, -0.2) is 4.79 Å². The molecule has 136 valence electrons. The molecule has 0 aliphatic carbocycles. The second-order valence-corrected chi connectivity index (χ2v) is 6.19. The van der Waals surface area contributed by atoms with Crippen LogP contribution in [0.2, 0.25) is 0 Å². The topological polar surface area (TPSA) is 68.7 Å². The quantitative estimate of drug-likeness (QED) is 0.771. The molecule has 6 nitrogen and oxygen atoms in total. The normalized spacial score (nSPS) is 13.1. The van der Waals surface area contributed by atoms with Crippen molar-refractivity contribution < 1.29 is 19.1 Å². The monoisotopic (exact) mass is 354 g/mol. The summed E-state index contributed by atoms with van der Waals surface area (Å²) in [6.45, 7) is 1.06. The predicted octanol–water partition coefficient (Wildman–Crippen LogP) is 2.39. The molecule has 0 atom stereocenters. The van der Waals surface area contributed by atoms with Gasteiger partial charge in [0, 0.05) is 31.9 Å². The van der Waals surface area contributed by atoms with Gasteiger partial charge >= 0.3 is 5.97 Å². The number of pyridine rings is 1. The molecule has 0 radical (unpaired) electrons. The Bertz CT molecular complexity index is 819. The van der Waals surface area contributed by atoms with Crippen molar-refractivity contribution in [2.24, 2.45) is 0 Å². The van der Waals surface area contributed by atoms with Gasteiger partial charge in [-0.1, -0.05) is 18.2 Å². The number of ether oxygens (including phenoxy) is 2. The maximum atomic E-state index is 12.6. The Morgan fingerprint density at radius 3 is 2.77 bits per heavy atom. The third-order valence-corrected chi connectivity index (χ3v) is 4.70. The Balaban J connectivity index is 1.67. The van der Waals surface area contributed by atoms with Gasteiger partial charge in [0.1, 0.15) is 5.75 Å². The van der Waals surface area contributed by atoms with Gasteiger partial charge in [-0.05, 0) is 35.6 Å². The number of rotatable bonds is 5. The van der Waals surface area contributed by atoms with E-state index >= 15 is 0 Å². The van der Waals surface area contributed by atoms with Crippen LogP contribution in [0.25, 0.3) is 0 Å². The number of nitrogens with zero attached hydrogens (tertiary/aromatic N) is 2. The molecule has 2 aromatic rings. The summed E-state index contributed by atoms with van der Waals surface area (Å²) in [6, 6.07) is 7.73. The van der Waals surface area contributed by atoms with Gasteiger partial charge in [-0.2, -0.15) is 0 Å². The summed E-state index contributed by atoms with van der Waals surface area (Å²) < 4.78 is 10.2. The molecular weight excluding hydrogens is 332 g/mol. The first-order chi connectivity index (χ1) is 12.6.